The van der Waals surface area contributed by atoms with E-state index in [-0.39, 0.29) is 38.0 Å². The molecular formula is C53H95N2O11PS. The molecule has 0 saturated heterocycles. The van der Waals surface area contributed by atoms with E-state index < -0.39 is 62.4 Å². The Labute approximate surface area is 417 Å². The quantitative estimate of drug-likeness (QED) is 0.0130. The van der Waals surface area contributed by atoms with Crippen molar-refractivity contribution < 1.29 is 57.1 Å². The SMILES string of the molecule is CCCCC/C=C\C\C=C/C=C/C=C/[C@@H](SC[C@H](N)C(=O)O[C@H](COC(=O)CCCCCCCCCCC/C=C\CCCCCCCC)COP(=O)([O-])OCC[N+](C)(C)C)[C@@H](O)CCCC(=O)O. The molecular weight excluding hydrogens is 904 g/mol. The van der Waals surface area contributed by atoms with Crippen LogP contribution in [0.3, 0.4) is 0 Å². The summed E-state index contributed by atoms with van der Waals surface area (Å²) in [7, 11) is 0.862. The molecule has 13 nitrogen and oxygen atoms in total. The topological polar surface area (TPSA) is 195 Å². The van der Waals surface area contributed by atoms with E-state index in [0.29, 0.717) is 17.4 Å². The van der Waals surface area contributed by atoms with Gasteiger partial charge in [0.2, 0.25) is 0 Å². The minimum atomic E-state index is -4.79. The molecule has 68 heavy (non-hydrogen) atoms. The van der Waals surface area contributed by atoms with Crippen molar-refractivity contribution >= 4 is 37.5 Å². The Morgan fingerprint density at radius 2 is 1.24 bits per heavy atom. The lowest BCUT2D eigenvalue weighted by atomic mass is 10.1. The number of unbranched alkanes of at least 4 members (excludes halogenated alkanes) is 18. The van der Waals surface area contributed by atoms with Gasteiger partial charge in [0.15, 0.2) is 6.10 Å². The van der Waals surface area contributed by atoms with Crippen molar-refractivity contribution in [1.82, 2.24) is 0 Å². The second-order valence-corrected chi connectivity index (χ2v) is 21.4. The molecule has 0 rings (SSSR count). The van der Waals surface area contributed by atoms with E-state index in [4.69, 9.17) is 29.4 Å². The molecule has 0 spiro atoms. The number of phosphoric ester groups is 1. The zero-order valence-corrected chi connectivity index (χ0v) is 44.7. The van der Waals surface area contributed by atoms with Gasteiger partial charge < -0.3 is 43.8 Å². The number of carboxylic acid groups (broad SMARTS) is 1. The van der Waals surface area contributed by atoms with Crippen LogP contribution in [0.2, 0.25) is 0 Å². The van der Waals surface area contributed by atoms with Crippen LogP contribution in [0.15, 0.2) is 60.8 Å². The minimum absolute atomic E-state index is 0.0105. The van der Waals surface area contributed by atoms with Gasteiger partial charge >= 0.3 is 17.9 Å². The number of allylic oxidation sites excluding steroid dienone is 9. The summed E-state index contributed by atoms with van der Waals surface area (Å²) in [5.74, 6) is -2.32. The van der Waals surface area contributed by atoms with Crippen LogP contribution >= 0.6 is 19.6 Å². The largest absolute Gasteiger partial charge is 0.756 e. The number of phosphoric acid groups is 1. The van der Waals surface area contributed by atoms with Gasteiger partial charge in [-0.1, -0.05) is 164 Å². The highest BCUT2D eigenvalue weighted by Gasteiger charge is 2.26. The van der Waals surface area contributed by atoms with Crippen LogP contribution < -0.4 is 10.6 Å². The fraction of sp³-hybridized carbons (Fsp3) is 0.755. The maximum Gasteiger partial charge on any atom is 0.324 e. The molecule has 0 aromatic rings. The van der Waals surface area contributed by atoms with Crippen LogP contribution in [0.25, 0.3) is 0 Å². The predicted molar refractivity (Wildman–Crippen MR) is 278 cm³/mol. The maximum absolute atomic E-state index is 13.3. The van der Waals surface area contributed by atoms with Crippen LogP contribution in [0, 0.1) is 0 Å². The first-order chi connectivity index (χ1) is 32.6. The van der Waals surface area contributed by atoms with E-state index in [1.54, 1.807) is 12.2 Å². The van der Waals surface area contributed by atoms with Gasteiger partial charge in [0.1, 0.15) is 25.8 Å². The van der Waals surface area contributed by atoms with Gasteiger partial charge in [0.05, 0.1) is 33.9 Å². The van der Waals surface area contributed by atoms with Gasteiger partial charge in [-0.05, 0) is 64.2 Å². The Balaban J connectivity index is 5.10. The number of aliphatic carboxylic acids is 1. The Kier molecular flexibility index (Phi) is 42.7. The summed E-state index contributed by atoms with van der Waals surface area (Å²) in [5, 5.41) is 19.5. The van der Waals surface area contributed by atoms with Crippen LogP contribution in [0.1, 0.15) is 181 Å². The lowest BCUT2D eigenvalue weighted by Gasteiger charge is -2.28. The first-order valence-electron chi connectivity index (χ1n) is 25.9. The van der Waals surface area contributed by atoms with E-state index in [1.165, 1.54) is 114 Å². The third-order valence-electron chi connectivity index (χ3n) is 11.0. The summed E-state index contributed by atoms with van der Waals surface area (Å²) in [6.45, 7) is 3.62. The molecule has 0 aromatic carbocycles. The van der Waals surface area contributed by atoms with Crippen LogP contribution in [0.5, 0.6) is 0 Å². The number of esters is 2. The maximum atomic E-state index is 13.3. The van der Waals surface area contributed by atoms with Gasteiger partial charge in [-0.3, -0.25) is 18.9 Å². The van der Waals surface area contributed by atoms with Gasteiger partial charge in [0.25, 0.3) is 7.82 Å². The van der Waals surface area contributed by atoms with Crippen molar-refractivity contribution in [3.05, 3.63) is 60.8 Å². The average molecular weight is 999 g/mol. The van der Waals surface area contributed by atoms with Gasteiger partial charge in [-0.25, -0.2) is 0 Å². The zero-order valence-electron chi connectivity index (χ0n) is 43.0. The molecule has 1 unspecified atom stereocenters. The molecule has 0 saturated carbocycles. The molecule has 15 heteroatoms. The smallest absolute Gasteiger partial charge is 0.324 e. The fourth-order valence-electron chi connectivity index (χ4n) is 6.78. The lowest BCUT2D eigenvalue weighted by molar-refractivity contribution is -0.870. The lowest BCUT2D eigenvalue weighted by Crippen LogP contribution is -2.40. The average Bonchev–Trinajstić information content (AvgIpc) is 3.28. The second-order valence-electron chi connectivity index (χ2n) is 18.7. The Hall–Kier alpha value is -2.55. The third kappa shape index (κ3) is 44.6. The monoisotopic (exact) mass is 999 g/mol. The highest BCUT2D eigenvalue weighted by molar-refractivity contribution is 8.00. The van der Waals surface area contributed by atoms with E-state index in [0.717, 1.165) is 32.1 Å². The molecule has 0 aliphatic rings. The predicted octanol–water partition coefficient (Wildman–Crippen LogP) is 11.5. The summed E-state index contributed by atoms with van der Waals surface area (Å²) in [5.41, 5.74) is 6.25. The number of aliphatic hydroxyl groups excluding tert-OH is 1. The summed E-state index contributed by atoms with van der Waals surface area (Å²) in [6, 6.07) is -1.20. The first-order valence-corrected chi connectivity index (χ1v) is 28.4. The van der Waals surface area contributed by atoms with Gasteiger partial charge in [0, 0.05) is 23.8 Å². The number of carbonyl (C=O) groups is 3. The van der Waals surface area contributed by atoms with Gasteiger partial charge in [-0.15, -0.1) is 11.8 Å². The molecule has 0 fully saturated rings. The van der Waals surface area contributed by atoms with E-state index in [9.17, 15) is 28.9 Å². The minimum Gasteiger partial charge on any atom is -0.756 e. The molecule has 0 radical (unpaired) electrons. The van der Waals surface area contributed by atoms with Crippen molar-refractivity contribution in [1.29, 1.82) is 0 Å². The van der Waals surface area contributed by atoms with Crippen molar-refractivity contribution in [2.45, 2.75) is 204 Å². The fourth-order valence-corrected chi connectivity index (χ4v) is 8.63. The molecule has 0 amide bonds. The Bertz CT molecular complexity index is 1470. The first kappa shape index (κ1) is 65.5. The third-order valence-corrected chi connectivity index (χ3v) is 13.4. The summed E-state index contributed by atoms with van der Waals surface area (Å²) < 4.78 is 34.1. The number of thioether (sulfide) groups is 1. The number of hydrogen-bond acceptors (Lipinski definition) is 12. The number of aliphatic hydroxyl groups is 1. The van der Waals surface area contributed by atoms with Crippen molar-refractivity contribution in [3.8, 4) is 0 Å². The van der Waals surface area contributed by atoms with Crippen molar-refractivity contribution in [2.24, 2.45) is 5.73 Å². The molecule has 0 aromatic heterocycles. The number of ether oxygens (including phenoxy) is 2. The highest BCUT2D eigenvalue weighted by atomic mass is 32.2. The Morgan fingerprint density at radius 3 is 1.84 bits per heavy atom. The molecule has 0 bridgehead atoms. The van der Waals surface area contributed by atoms with Crippen molar-refractivity contribution in [3.63, 3.8) is 0 Å². The van der Waals surface area contributed by atoms with Crippen molar-refractivity contribution in [2.75, 3.05) is 53.3 Å². The van der Waals surface area contributed by atoms with E-state index in [1.807, 2.05) is 45.4 Å². The number of nitrogens with two attached hydrogens (primary N) is 1. The number of quaternary nitrogens is 1. The van der Waals surface area contributed by atoms with Gasteiger partial charge in [-0.2, -0.15) is 0 Å². The van der Waals surface area contributed by atoms with Crippen LogP contribution in [0.4, 0.5) is 0 Å². The number of hydrogen-bond donors (Lipinski definition) is 3. The number of rotatable bonds is 47. The second kappa shape index (κ2) is 44.4. The number of carbonyl (C=O) groups excluding carboxylic acids is 2. The summed E-state index contributed by atoms with van der Waals surface area (Å²) in [4.78, 5) is 49.6. The molecule has 5 atom stereocenters. The van der Waals surface area contributed by atoms with Crippen LogP contribution in [-0.4, -0.2) is 109 Å². The van der Waals surface area contributed by atoms with E-state index in [2.05, 4.69) is 38.2 Å². The standard InChI is InChI=1S/C53H95N2O11PS/c1-6-8-10-12-14-16-18-20-21-22-23-24-25-26-28-30-32-34-36-41-52(59)63-44-47(45-65-67(61,62)64-43-42-55(3,4)5)66-53(60)48(54)46-68-50(49(56)38-37-40-51(57)58)39-35-33-31-29-27-19-17-15-13-11-9-7-2/h15,17,20-21,27,29,31,33,35,39,47-50,56H,6-14,16,18-19,22-26,28,30,32,34,36-38,40-46,54H2,1-5H3,(H-,57,58,61,62)/b17-15-,21-20-,29-27-,33-31+,39-35+/t47-,48+,49+,50-/m1/s1. The summed E-state index contributed by atoms with van der Waals surface area (Å²) in [6.07, 6.45) is 44.3. The molecule has 0 heterocycles. The molecule has 0 aliphatic heterocycles. The molecule has 0 aliphatic carbocycles. The number of likely N-dealkylation sites (N-methyl/N-ethyl adjacent to an activating group) is 1. The summed E-state index contributed by atoms with van der Waals surface area (Å²) >= 11 is 1.20. The van der Waals surface area contributed by atoms with Crippen LogP contribution in [-0.2, 0) is 37.5 Å². The molecule has 394 valence electrons. The van der Waals surface area contributed by atoms with E-state index >= 15 is 0 Å². The Morgan fingerprint density at radius 1 is 0.691 bits per heavy atom. The number of nitrogens with zero attached hydrogens (tertiary/aromatic N) is 1. The highest BCUT2D eigenvalue weighted by Crippen LogP contribution is 2.38. The zero-order chi connectivity index (χ0) is 50.6. The molecule has 4 N–H and O–H groups in total. The number of carboxylic acids is 1. The normalized spacial score (nSPS) is 15.2.